The van der Waals surface area contributed by atoms with E-state index in [0.717, 1.165) is 0 Å². The first-order chi connectivity index (χ1) is 10.2. The van der Waals surface area contributed by atoms with Crippen LogP contribution in [0, 0.1) is 6.92 Å². The van der Waals surface area contributed by atoms with E-state index in [1.54, 1.807) is 13.8 Å². The first kappa shape index (κ1) is 16.2. The number of alkyl halides is 3. The van der Waals surface area contributed by atoms with E-state index in [0.29, 0.717) is 23.4 Å². The first-order valence-electron chi connectivity index (χ1n) is 6.62. The second-order valence-corrected chi connectivity index (χ2v) is 4.80. The Hall–Kier alpha value is -2.15. The molecule has 1 heterocycles. The third-order valence-electron chi connectivity index (χ3n) is 3.34. The summed E-state index contributed by atoms with van der Waals surface area (Å²) >= 11 is 0. The lowest BCUT2D eigenvalue weighted by molar-refractivity contribution is -0.274. The van der Waals surface area contributed by atoms with E-state index in [1.165, 1.54) is 36.7 Å². The minimum Gasteiger partial charge on any atom is -0.406 e. The van der Waals surface area contributed by atoms with Crippen LogP contribution in [0.2, 0.25) is 0 Å². The van der Waals surface area contributed by atoms with Crippen molar-refractivity contribution < 1.29 is 23.0 Å². The third kappa shape index (κ3) is 3.54. The number of rotatable bonds is 4. The molecule has 0 saturated carbocycles. The fourth-order valence-electron chi connectivity index (χ4n) is 2.11. The molecule has 1 atom stereocenters. The third-order valence-corrected chi connectivity index (χ3v) is 3.34. The molecular weight excluding hydrogens is 297 g/mol. The number of aromatic nitrogens is 2. The number of hydrogen-bond acceptors (Lipinski definition) is 4. The normalized spacial score (nSPS) is 14.5. The van der Waals surface area contributed by atoms with Gasteiger partial charge in [0.25, 0.3) is 0 Å². The second-order valence-electron chi connectivity index (χ2n) is 4.80. The zero-order chi connectivity index (χ0) is 16.4. The highest BCUT2D eigenvalue weighted by Crippen LogP contribution is 2.33. The predicted molar refractivity (Wildman–Crippen MR) is 73.2 cm³/mol. The Morgan fingerprint density at radius 2 is 1.59 bits per heavy atom. The molecule has 2 aromatic rings. The van der Waals surface area contributed by atoms with Gasteiger partial charge in [-0.25, -0.2) is 9.97 Å². The minimum absolute atomic E-state index is 0.318. The topological polar surface area (TPSA) is 55.2 Å². The maximum atomic E-state index is 12.2. The lowest BCUT2D eigenvalue weighted by Crippen LogP contribution is -2.27. The largest absolute Gasteiger partial charge is 0.573 e. The van der Waals surface area contributed by atoms with Crippen molar-refractivity contribution in [3.05, 3.63) is 53.6 Å². The van der Waals surface area contributed by atoms with Crippen LogP contribution in [0.1, 0.15) is 30.3 Å². The molecule has 1 unspecified atom stereocenters. The lowest BCUT2D eigenvalue weighted by Gasteiger charge is -2.27. The first-order valence-corrected chi connectivity index (χ1v) is 6.62. The van der Waals surface area contributed by atoms with Crippen molar-refractivity contribution in [3.63, 3.8) is 0 Å². The zero-order valence-corrected chi connectivity index (χ0v) is 12.1. The van der Waals surface area contributed by atoms with Gasteiger partial charge in [-0.05, 0) is 31.0 Å². The molecule has 0 aliphatic heterocycles. The number of halogens is 3. The Bertz CT molecular complexity index is 627. The summed E-state index contributed by atoms with van der Waals surface area (Å²) in [6, 6.07) is 5.12. The Morgan fingerprint density at radius 1 is 1.05 bits per heavy atom. The van der Waals surface area contributed by atoms with Crippen LogP contribution in [0.4, 0.5) is 13.2 Å². The van der Waals surface area contributed by atoms with Gasteiger partial charge in [-0.2, -0.15) is 0 Å². The maximum absolute atomic E-state index is 12.2. The fraction of sp³-hybridized carbons (Fsp3) is 0.333. The molecule has 0 aliphatic rings. The van der Waals surface area contributed by atoms with Crippen molar-refractivity contribution in [2.45, 2.75) is 32.2 Å². The van der Waals surface area contributed by atoms with Gasteiger partial charge in [0.1, 0.15) is 17.2 Å². The highest BCUT2D eigenvalue weighted by molar-refractivity contribution is 5.37. The Kier molecular flexibility index (Phi) is 4.37. The SMILES string of the molecule is CCC(O)(c1ccc(OC(F)(F)F)cc1)c1cnc(C)nc1. The average Bonchev–Trinajstić information content (AvgIpc) is 2.46. The zero-order valence-electron chi connectivity index (χ0n) is 12.1. The van der Waals surface area contributed by atoms with Gasteiger partial charge in [0, 0.05) is 18.0 Å². The van der Waals surface area contributed by atoms with Gasteiger partial charge in [0.2, 0.25) is 0 Å². The van der Waals surface area contributed by atoms with Crippen LogP contribution in [0.25, 0.3) is 0 Å². The van der Waals surface area contributed by atoms with Crippen LogP contribution in [-0.2, 0) is 5.60 Å². The fourth-order valence-corrected chi connectivity index (χ4v) is 2.11. The summed E-state index contributed by atoms with van der Waals surface area (Å²) in [7, 11) is 0. The quantitative estimate of drug-likeness (QED) is 0.941. The molecule has 4 nitrogen and oxygen atoms in total. The van der Waals surface area contributed by atoms with Gasteiger partial charge in [0.15, 0.2) is 0 Å². The summed E-state index contributed by atoms with van der Waals surface area (Å²) in [5, 5.41) is 10.8. The maximum Gasteiger partial charge on any atom is 0.573 e. The van der Waals surface area contributed by atoms with E-state index >= 15 is 0 Å². The molecule has 0 bridgehead atoms. The standard InChI is InChI=1S/C15H15F3N2O2/c1-3-14(21,12-8-19-10(2)20-9-12)11-4-6-13(7-5-11)22-15(16,17)18/h4-9,21H,3H2,1-2H3. The van der Waals surface area contributed by atoms with Crippen LogP contribution >= 0.6 is 0 Å². The summed E-state index contributed by atoms with van der Waals surface area (Å²) < 4.78 is 40.3. The molecule has 2 rings (SSSR count). The second kappa shape index (κ2) is 5.92. The Labute approximate surface area is 125 Å². The molecule has 0 aliphatic carbocycles. The number of aryl methyl sites for hydroxylation is 1. The van der Waals surface area contributed by atoms with Gasteiger partial charge in [-0.1, -0.05) is 19.1 Å². The number of nitrogens with zero attached hydrogens (tertiary/aromatic N) is 2. The average molecular weight is 312 g/mol. The number of aliphatic hydroxyl groups is 1. The molecule has 0 saturated heterocycles. The van der Waals surface area contributed by atoms with E-state index in [-0.39, 0.29) is 5.75 Å². The monoisotopic (exact) mass is 312 g/mol. The summed E-state index contributed by atoms with van der Waals surface area (Å²) in [6.45, 7) is 3.48. The van der Waals surface area contributed by atoms with E-state index in [2.05, 4.69) is 14.7 Å². The predicted octanol–water partition coefficient (Wildman–Crippen LogP) is 3.33. The summed E-state index contributed by atoms with van der Waals surface area (Å²) in [5.41, 5.74) is -0.452. The smallest absolute Gasteiger partial charge is 0.406 e. The van der Waals surface area contributed by atoms with Crippen molar-refractivity contribution in [2.24, 2.45) is 0 Å². The molecule has 1 N–H and O–H groups in total. The van der Waals surface area contributed by atoms with E-state index in [1.807, 2.05) is 0 Å². The van der Waals surface area contributed by atoms with Crippen LogP contribution in [0.5, 0.6) is 5.75 Å². The molecule has 0 fully saturated rings. The number of benzene rings is 1. The highest BCUT2D eigenvalue weighted by atomic mass is 19.4. The van der Waals surface area contributed by atoms with Gasteiger partial charge < -0.3 is 9.84 Å². The molecule has 7 heteroatoms. The van der Waals surface area contributed by atoms with Gasteiger partial charge in [-0.15, -0.1) is 13.2 Å². The number of ether oxygens (including phenoxy) is 1. The summed E-state index contributed by atoms with van der Waals surface area (Å²) in [6.07, 6.45) is -1.41. The molecule has 0 radical (unpaired) electrons. The summed E-state index contributed by atoms with van der Waals surface area (Å²) in [4.78, 5) is 8.08. The van der Waals surface area contributed by atoms with Crippen molar-refractivity contribution in [3.8, 4) is 5.75 Å². The van der Waals surface area contributed by atoms with Crippen molar-refractivity contribution in [2.75, 3.05) is 0 Å². The molecule has 1 aromatic carbocycles. The van der Waals surface area contributed by atoms with Crippen LogP contribution < -0.4 is 4.74 Å². The van der Waals surface area contributed by atoms with E-state index in [4.69, 9.17) is 0 Å². The molecular formula is C15H15F3N2O2. The molecule has 118 valence electrons. The van der Waals surface area contributed by atoms with Crippen molar-refractivity contribution >= 4 is 0 Å². The van der Waals surface area contributed by atoms with Gasteiger partial charge >= 0.3 is 6.36 Å². The van der Waals surface area contributed by atoms with Crippen LogP contribution in [0.15, 0.2) is 36.7 Å². The molecule has 1 aromatic heterocycles. The number of hydrogen-bond donors (Lipinski definition) is 1. The molecule has 22 heavy (non-hydrogen) atoms. The van der Waals surface area contributed by atoms with Gasteiger partial charge in [0.05, 0.1) is 0 Å². The van der Waals surface area contributed by atoms with E-state index < -0.39 is 12.0 Å². The van der Waals surface area contributed by atoms with Crippen LogP contribution in [-0.4, -0.2) is 21.4 Å². The Balaban J connectivity index is 2.33. The Morgan fingerprint density at radius 3 is 2.05 bits per heavy atom. The molecule has 0 spiro atoms. The minimum atomic E-state index is -4.74. The van der Waals surface area contributed by atoms with Crippen molar-refractivity contribution in [1.29, 1.82) is 0 Å². The van der Waals surface area contributed by atoms with Crippen molar-refractivity contribution in [1.82, 2.24) is 9.97 Å². The van der Waals surface area contributed by atoms with Gasteiger partial charge in [-0.3, -0.25) is 0 Å². The van der Waals surface area contributed by atoms with E-state index in [9.17, 15) is 18.3 Å². The highest BCUT2D eigenvalue weighted by Gasteiger charge is 2.33. The van der Waals surface area contributed by atoms with Crippen LogP contribution in [0.3, 0.4) is 0 Å². The lowest BCUT2D eigenvalue weighted by atomic mass is 9.86. The molecule has 0 amide bonds. The summed E-state index contributed by atoms with van der Waals surface area (Å²) in [5.74, 6) is 0.228.